The number of carbonyl (C=O) groups is 1. The van der Waals surface area contributed by atoms with E-state index in [1.165, 1.54) is 5.56 Å². The van der Waals surface area contributed by atoms with Gasteiger partial charge in [-0.05, 0) is 30.9 Å². The van der Waals surface area contributed by atoms with Gasteiger partial charge in [-0.25, -0.2) is 0 Å². The highest BCUT2D eigenvalue weighted by Crippen LogP contribution is 2.20. The van der Waals surface area contributed by atoms with Crippen molar-refractivity contribution in [3.63, 3.8) is 0 Å². The Bertz CT molecular complexity index is 337. The first-order valence-electron chi connectivity index (χ1n) is 6.16. The Balaban J connectivity index is 2.58. The summed E-state index contributed by atoms with van der Waals surface area (Å²) in [6, 6.07) is 9.58. The molecule has 3 heteroatoms. The van der Waals surface area contributed by atoms with E-state index >= 15 is 0 Å². The first-order chi connectivity index (χ1) is 8.15. The van der Waals surface area contributed by atoms with Gasteiger partial charge in [-0.1, -0.05) is 44.2 Å². The smallest absolute Gasteiger partial charge is 0.320 e. The van der Waals surface area contributed by atoms with Crippen LogP contribution in [0, 0.1) is 0 Å². The second-order valence-electron chi connectivity index (χ2n) is 4.39. The summed E-state index contributed by atoms with van der Waals surface area (Å²) in [4.78, 5) is 11.1. The Morgan fingerprint density at radius 1 is 1.35 bits per heavy atom. The molecule has 0 amide bonds. The second-order valence-corrected chi connectivity index (χ2v) is 4.39. The molecule has 0 saturated heterocycles. The van der Waals surface area contributed by atoms with Crippen LogP contribution in [0.3, 0.4) is 0 Å². The van der Waals surface area contributed by atoms with Crippen molar-refractivity contribution in [3.05, 3.63) is 35.9 Å². The van der Waals surface area contributed by atoms with Crippen molar-refractivity contribution < 1.29 is 9.90 Å². The normalized spacial score (nSPS) is 14.2. The summed E-state index contributed by atoms with van der Waals surface area (Å²) in [6.07, 6.45) is 1.57. The van der Waals surface area contributed by atoms with Gasteiger partial charge in [0, 0.05) is 0 Å². The summed E-state index contributed by atoms with van der Waals surface area (Å²) in [5.74, 6) is -0.511. The molecule has 0 aliphatic heterocycles. The molecule has 0 bridgehead atoms. The molecule has 0 fully saturated rings. The molecule has 0 aliphatic rings. The quantitative estimate of drug-likeness (QED) is 0.764. The number of carboxylic acids is 1. The zero-order valence-corrected chi connectivity index (χ0v) is 10.5. The summed E-state index contributed by atoms with van der Waals surface area (Å²) in [5, 5.41) is 12.2. The van der Waals surface area contributed by atoms with Gasteiger partial charge in [-0.3, -0.25) is 4.79 Å². The zero-order chi connectivity index (χ0) is 12.7. The second kappa shape index (κ2) is 7.07. The van der Waals surface area contributed by atoms with Crippen LogP contribution in [0.2, 0.25) is 0 Å². The standard InChI is InChI=1S/C14H21NO2/c1-3-9-15-13(14(16)17)10-11(2)12-7-5-4-6-8-12/h4-8,11,13,15H,3,9-10H2,1-2H3,(H,16,17). The molecule has 0 radical (unpaired) electrons. The minimum atomic E-state index is -0.763. The van der Waals surface area contributed by atoms with Gasteiger partial charge < -0.3 is 10.4 Å². The van der Waals surface area contributed by atoms with Crippen molar-refractivity contribution in [2.24, 2.45) is 0 Å². The van der Waals surface area contributed by atoms with Crippen LogP contribution in [0.4, 0.5) is 0 Å². The number of hydrogen-bond acceptors (Lipinski definition) is 2. The van der Waals surface area contributed by atoms with Gasteiger partial charge in [0.25, 0.3) is 0 Å². The van der Waals surface area contributed by atoms with Crippen LogP contribution in [-0.2, 0) is 4.79 Å². The Kier molecular flexibility index (Phi) is 5.70. The van der Waals surface area contributed by atoms with Crippen molar-refractivity contribution >= 4 is 5.97 Å². The molecule has 1 aromatic carbocycles. The van der Waals surface area contributed by atoms with Crippen LogP contribution in [0.5, 0.6) is 0 Å². The van der Waals surface area contributed by atoms with Crippen LogP contribution < -0.4 is 5.32 Å². The molecule has 1 rings (SSSR count). The number of nitrogens with one attached hydrogen (secondary N) is 1. The minimum Gasteiger partial charge on any atom is -0.480 e. The third-order valence-electron chi connectivity index (χ3n) is 2.90. The van der Waals surface area contributed by atoms with Crippen molar-refractivity contribution in [1.29, 1.82) is 0 Å². The van der Waals surface area contributed by atoms with E-state index in [9.17, 15) is 4.79 Å². The molecule has 0 aliphatic carbocycles. The number of aliphatic carboxylic acids is 1. The molecule has 2 atom stereocenters. The zero-order valence-electron chi connectivity index (χ0n) is 10.5. The molecule has 17 heavy (non-hydrogen) atoms. The molecule has 1 aromatic rings. The lowest BCUT2D eigenvalue weighted by Gasteiger charge is -2.19. The highest BCUT2D eigenvalue weighted by Gasteiger charge is 2.20. The van der Waals surface area contributed by atoms with Crippen LogP contribution in [-0.4, -0.2) is 23.7 Å². The summed E-state index contributed by atoms with van der Waals surface area (Å²) in [7, 11) is 0. The van der Waals surface area contributed by atoms with Crippen LogP contribution in [0.15, 0.2) is 30.3 Å². The maximum Gasteiger partial charge on any atom is 0.320 e. The maximum absolute atomic E-state index is 11.1. The molecule has 2 unspecified atom stereocenters. The predicted molar refractivity (Wildman–Crippen MR) is 69.2 cm³/mol. The fraction of sp³-hybridized carbons (Fsp3) is 0.500. The first kappa shape index (κ1) is 13.7. The average molecular weight is 235 g/mol. The predicted octanol–water partition coefficient (Wildman–Crippen LogP) is 2.63. The topological polar surface area (TPSA) is 49.3 Å². The average Bonchev–Trinajstić information content (AvgIpc) is 2.35. The first-order valence-corrected chi connectivity index (χ1v) is 6.16. The molecule has 0 saturated carbocycles. The molecule has 0 spiro atoms. The van der Waals surface area contributed by atoms with Crippen molar-refractivity contribution in [1.82, 2.24) is 5.32 Å². The fourth-order valence-corrected chi connectivity index (χ4v) is 1.86. The van der Waals surface area contributed by atoms with Gasteiger partial charge >= 0.3 is 5.97 Å². The molecule has 0 aromatic heterocycles. The van der Waals surface area contributed by atoms with E-state index in [2.05, 4.69) is 12.2 Å². The molecular weight excluding hydrogens is 214 g/mol. The minimum absolute atomic E-state index is 0.252. The summed E-state index contributed by atoms with van der Waals surface area (Å²) in [6.45, 7) is 4.85. The van der Waals surface area contributed by atoms with Gasteiger partial charge in [0.05, 0.1) is 0 Å². The van der Waals surface area contributed by atoms with Crippen LogP contribution >= 0.6 is 0 Å². The highest BCUT2D eigenvalue weighted by atomic mass is 16.4. The van der Waals surface area contributed by atoms with Crippen molar-refractivity contribution in [2.75, 3.05) is 6.54 Å². The van der Waals surface area contributed by atoms with E-state index in [0.717, 1.165) is 13.0 Å². The third kappa shape index (κ3) is 4.57. The van der Waals surface area contributed by atoms with Gasteiger partial charge in [-0.2, -0.15) is 0 Å². The Morgan fingerprint density at radius 2 is 2.00 bits per heavy atom. The largest absolute Gasteiger partial charge is 0.480 e. The van der Waals surface area contributed by atoms with E-state index < -0.39 is 12.0 Å². The lowest BCUT2D eigenvalue weighted by Crippen LogP contribution is -2.38. The number of carboxylic acid groups (broad SMARTS) is 1. The Labute approximate surface area is 103 Å². The van der Waals surface area contributed by atoms with E-state index in [4.69, 9.17) is 5.11 Å². The Morgan fingerprint density at radius 3 is 2.53 bits per heavy atom. The van der Waals surface area contributed by atoms with E-state index in [1.54, 1.807) is 0 Å². The summed E-state index contributed by atoms with van der Waals surface area (Å²) in [5.41, 5.74) is 1.19. The molecule has 2 N–H and O–H groups in total. The van der Waals surface area contributed by atoms with Gasteiger partial charge in [-0.15, -0.1) is 0 Å². The molecule has 0 heterocycles. The summed E-state index contributed by atoms with van der Waals surface area (Å²) < 4.78 is 0. The number of rotatable bonds is 7. The Hall–Kier alpha value is -1.35. The van der Waals surface area contributed by atoms with E-state index in [-0.39, 0.29) is 5.92 Å². The highest BCUT2D eigenvalue weighted by molar-refractivity contribution is 5.73. The molecule has 94 valence electrons. The van der Waals surface area contributed by atoms with Gasteiger partial charge in [0.1, 0.15) is 6.04 Å². The lowest BCUT2D eigenvalue weighted by atomic mass is 9.94. The molecule has 3 nitrogen and oxygen atoms in total. The number of benzene rings is 1. The lowest BCUT2D eigenvalue weighted by molar-refractivity contribution is -0.139. The van der Waals surface area contributed by atoms with Crippen LogP contribution in [0.25, 0.3) is 0 Å². The molecular formula is C14H21NO2. The van der Waals surface area contributed by atoms with Crippen molar-refractivity contribution in [2.45, 2.75) is 38.6 Å². The van der Waals surface area contributed by atoms with Gasteiger partial charge in [0.15, 0.2) is 0 Å². The van der Waals surface area contributed by atoms with E-state index in [1.807, 2.05) is 37.3 Å². The SMILES string of the molecule is CCCNC(CC(C)c1ccccc1)C(=O)O. The van der Waals surface area contributed by atoms with Gasteiger partial charge in [0.2, 0.25) is 0 Å². The third-order valence-corrected chi connectivity index (χ3v) is 2.90. The number of hydrogen-bond donors (Lipinski definition) is 2. The fourth-order valence-electron chi connectivity index (χ4n) is 1.86. The van der Waals surface area contributed by atoms with E-state index in [0.29, 0.717) is 6.42 Å². The monoisotopic (exact) mass is 235 g/mol. The van der Waals surface area contributed by atoms with Crippen molar-refractivity contribution in [3.8, 4) is 0 Å². The maximum atomic E-state index is 11.1. The van der Waals surface area contributed by atoms with Crippen LogP contribution in [0.1, 0.15) is 38.2 Å². The summed E-state index contributed by atoms with van der Waals surface area (Å²) >= 11 is 0.